The second-order valence-corrected chi connectivity index (χ2v) is 7.99. The van der Waals surface area contributed by atoms with Crippen molar-refractivity contribution in [2.75, 3.05) is 27.2 Å². The maximum Gasteiger partial charge on any atom is 0.219 e. The largest absolute Gasteiger partial charge is 1.00 e. The van der Waals surface area contributed by atoms with Crippen LogP contribution < -0.4 is 22.6 Å². The molecule has 27 heavy (non-hydrogen) atoms. The molecule has 162 valence electrons. The Kier molecular flexibility index (Phi) is 25.0. The van der Waals surface area contributed by atoms with Crippen LogP contribution in [0.1, 0.15) is 103 Å². The lowest BCUT2D eigenvalue weighted by Gasteiger charge is -2.08. The van der Waals surface area contributed by atoms with Gasteiger partial charge in [0.15, 0.2) is 0 Å². The molecule has 0 atom stereocenters. The summed E-state index contributed by atoms with van der Waals surface area (Å²) in [5, 5.41) is 3.03. The van der Waals surface area contributed by atoms with Gasteiger partial charge in [-0.2, -0.15) is 0 Å². The van der Waals surface area contributed by atoms with E-state index < -0.39 is 0 Å². The summed E-state index contributed by atoms with van der Waals surface area (Å²) in [5.41, 5.74) is 0. The van der Waals surface area contributed by atoms with Crippen molar-refractivity contribution in [3.63, 3.8) is 0 Å². The van der Waals surface area contributed by atoms with Crippen molar-refractivity contribution in [2.24, 2.45) is 0 Å². The predicted molar refractivity (Wildman–Crippen MR) is 115 cm³/mol. The minimum Gasteiger partial charge on any atom is -1.00 e. The number of quaternary nitrogens is 1. The van der Waals surface area contributed by atoms with Gasteiger partial charge >= 0.3 is 0 Å². The highest BCUT2D eigenvalue weighted by atomic mass is 35.5. The number of unbranched alkanes of at least 4 members (excludes halogenated alkanes) is 11. The summed E-state index contributed by atoms with van der Waals surface area (Å²) >= 11 is 0. The predicted octanol–water partition coefficient (Wildman–Crippen LogP) is 1.68. The minimum atomic E-state index is 0. The van der Waals surface area contributed by atoms with E-state index >= 15 is 0 Å². The van der Waals surface area contributed by atoms with Crippen LogP contribution in [0.15, 0.2) is 12.2 Å². The summed E-state index contributed by atoms with van der Waals surface area (Å²) in [6.45, 7) is 4.22. The SMILES string of the molecule is CCCCCCCC/C=C\CCCCCCCC(=O)NCCC[NH+](C)C.[Cl-]. The van der Waals surface area contributed by atoms with Crippen molar-refractivity contribution in [3.8, 4) is 0 Å². The molecule has 0 radical (unpaired) electrons. The Balaban J connectivity index is 0. The van der Waals surface area contributed by atoms with Crippen LogP contribution >= 0.6 is 0 Å². The number of hydrogen-bond donors (Lipinski definition) is 2. The van der Waals surface area contributed by atoms with E-state index in [0.717, 1.165) is 25.9 Å². The molecule has 0 bridgehead atoms. The average molecular weight is 403 g/mol. The minimum absolute atomic E-state index is 0. The molecule has 0 fully saturated rings. The van der Waals surface area contributed by atoms with E-state index in [-0.39, 0.29) is 18.3 Å². The lowest BCUT2D eigenvalue weighted by molar-refractivity contribution is -0.858. The lowest BCUT2D eigenvalue weighted by atomic mass is 10.1. The summed E-state index contributed by atoms with van der Waals surface area (Å²) in [7, 11) is 4.29. The maximum absolute atomic E-state index is 11.7. The average Bonchev–Trinajstić information content (AvgIpc) is 2.62. The molecule has 0 aromatic rings. The van der Waals surface area contributed by atoms with Crippen molar-refractivity contribution < 1.29 is 22.1 Å². The zero-order valence-electron chi connectivity index (χ0n) is 18.5. The number of carbonyl (C=O) groups is 1. The highest BCUT2D eigenvalue weighted by Crippen LogP contribution is 2.09. The van der Waals surface area contributed by atoms with Gasteiger partial charge in [0.05, 0.1) is 20.6 Å². The molecule has 0 rings (SSSR count). The van der Waals surface area contributed by atoms with Gasteiger partial charge in [-0.15, -0.1) is 0 Å². The van der Waals surface area contributed by atoms with Gasteiger partial charge < -0.3 is 22.6 Å². The number of rotatable bonds is 19. The van der Waals surface area contributed by atoms with Crippen molar-refractivity contribution in [2.45, 2.75) is 103 Å². The van der Waals surface area contributed by atoms with E-state index in [2.05, 4.69) is 38.5 Å². The van der Waals surface area contributed by atoms with Crippen LogP contribution in [0.3, 0.4) is 0 Å². The van der Waals surface area contributed by atoms with Gasteiger partial charge in [-0.05, 0) is 32.1 Å². The van der Waals surface area contributed by atoms with Gasteiger partial charge in [0.2, 0.25) is 5.91 Å². The van der Waals surface area contributed by atoms with Crippen LogP contribution in [0.5, 0.6) is 0 Å². The first-order chi connectivity index (χ1) is 12.7. The van der Waals surface area contributed by atoms with E-state index in [4.69, 9.17) is 0 Å². The van der Waals surface area contributed by atoms with E-state index in [1.165, 1.54) is 81.9 Å². The van der Waals surface area contributed by atoms with E-state index in [9.17, 15) is 4.79 Å². The van der Waals surface area contributed by atoms with Gasteiger partial charge in [0, 0.05) is 19.4 Å². The molecule has 0 saturated heterocycles. The highest BCUT2D eigenvalue weighted by molar-refractivity contribution is 5.75. The Hall–Kier alpha value is -0.540. The number of halogens is 1. The summed E-state index contributed by atoms with van der Waals surface area (Å²) in [6.07, 6.45) is 23.4. The Labute approximate surface area is 176 Å². The van der Waals surface area contributed by atoms with Crippen LogP contribution in [0.25, 0.3) is 0 Å². The first kappa shape index (κ1) is 28.7. The first-order valence-electron chi connectivity index (χ1n) is 11.4. The normalized spacial score (nSPS) is 11.1. The van der Waals surface area contributed by atoms with E-state index in [1.54, 1.807) is 0 Å². The summed E-state index contributed by atoms with van der Waals surface area (Å²) in [5.74, 6) is 0.233. The molecule has 0 spiro atoms. The highest BCUT2D eigenvalue weighted by Gasteiger charge is 2.01. The molecular formula is C23H47ClN2O. The molecule has 2 N–H and O–H groups in total. The van der Waals surface area contributed by atoms with Gasteiger partial charge in [-0.3, -0.25) is 4.79 Å². The molecule has 0 saturated carbocycles. The van der Waals surface area contributed by atoms with Gasteiger partial charge in [0.1, 0.15) is 0 Å². The molecular weight excluding hydrogens is 356 g/mol. The number of nitrogens with one attached hydrogen (secondary N) is 2. The fraction of sp³-hybridized carbons (Fsp3) is 0.870. The quantitative estimate of drug-likeness (QED) is 0.250. The summed E-state index contributed by atoms with van der Waals surface area (Å²) in [6, 6.07) is 0. The zero-order chi connectivity index (χ0) is 19.3. The zero-order valence-corrected chi connectivity index (χ0v) is 19.2. The van der Waals surface area contributed by atoms with Crippen LogP contribution in [0.2, 0.25) is 0 Å². The van der Waals surface area contributed by atoms with Crippen molar-refractivity contribution in [1.29, 1.82) is 0 Å². The molecule has 0 unspecified atom stereocenters. The monoisotopic (exact) mass is 402 g/mol. The van der Waals surface area contributed by atoms with Gasteiger partial charge in [-0.1, -0.05) is 70.4 Å². The molecule has 4 heteroatoms. The molecule has 0 aliphatic rings. The second-order valence-electron chi connectivity index (χ2n) is 7.99. The van der Waals surface area contributed by atoms with Gasteiger partial charge in [0.25, 0.3) is 0 Å². The van der Waals surface area contributed by atoms with Crippen LogP contribution in [0, 0.1) is 0 Å². The summed E-state index contributed by atoms with van der Waals surface area (Å²) < 4.78 is 0. The molecule has 0 heterocycles. The van der Waals surface area contributed by atoms with Crippen molar-refractivity contribution >= 4 is 5.91 Å². The van der Waals surface area contributed by atoms with Crippen LogP contribution in [-0.2, 0) is 4.79 Å². The van der Waals surface area contributed by atoms with E-state index in [0.29, 0.717) is 6.42 Å². The van der Waals surface area contributed by atoms with Crippen LogP contribution in [-0.4, -0.2) is 33.1 Å². The molecule has 3 nitrogen and oxygen atoms in total. The standard InChI is InChI=1S/C23H46N2O.ClH/c1-4-5-6-7-8-9-10-11-12-13-14-15-16-17-18-20-23(26)24-21-19-22-25(2)3;/h11-12H,4-10,13-22H2,1-3H3,(H,24,26);1H/b12-11-;. The number of allylic oxidation sites excluding steroid dienone is 2. The topological polar surface area (TPSA) is 33.5 Å². The molecule has 0 aliphatic heterocycles. The van der Waals surface area contributed by atoms with Crippen LogP contribution in [0.4, 0.5) is 0 Å². The third-order valence-electron chi connectivity index (χ3n) is 4.84. The third kappa shape index (κ3) is 25.5. The smallest absolute Gasteiger partial charge is 0.219 e. The third-order valence-corrected chi connectivity index (χ3v) is 4.84. The van der Waals surface area contributed by atoms with E-state index in [1.807, 2.05) is 0 Å². The Morgan fingerprint density at radius 1 is 0.778 bits per heavy atom. The molecule has 1 amide bonds. The number of carbonyl (C=O) groups excluding carboxylic acids is 1. The Bertz CT molecular complexity index is 332. The Morgan fingerprint density at radius 3 is 1.85 bits per heavy atom. The number of hydrogen-bond acceptors (Lipinski definition) is 1. The Morgan fingerprint density at radius 2 is 1.30 bits per heavy atom. The van der Waals surface area contributed by atoms with Crippen molar-refractivity contribution in [3.05, 3.63) is 12.2 Å². The van der Waals surface area contributed by atoms with Gasteiger partial charge in [-0.25, -0.2) is 0 Å². The summed E-state index contributed by atoms with van der Waals surface area (Å²) in [4.78, 5) is 13.1. The second kappa shape index (κ2) is 23.5. The molecule has 0 aliphatic carbocycles. The fourth-order valence-corrected chi connectivity index (χ4v) is 3.11. The lowest BCUT2D eigenvalue weighted by Crippen LogP contribution is -3.05. The number of amides is 1. The fourth-order valence-electron chi connectivity index (χ4n) is 3.11. The maximum atomic E-state index is 11.7. The van der Waals surface area contributed by atoms with Crippen molar-refractivity contribution in [1.82, 2.24) is 5.32 Å². The molecule has 0 aromatic heterocycles. The first-order valence-corrected chi connectivity index (χ1v) is 11.4. The molecule has 0 aromatic carbocycles.